The monoisotopic (exact) mass is 282 g/mol. The van der Waals surface area contributed by atoms with Crippen molar-refractivity contribution in [1.29, 1.82) is 0 Å². The zero-order chi connectivity index (χ0) is 15.4. The summed E-state index contributed by atoms with van der Waals surface area (Å²) in [6.07, 6.45) is 0. The third-order valence-corrected chi connectivity index (χ3v) is 3.60. The molecule has 1 amide bonds. The molecule has 0 aliphatic rings. The van der Waals surface area contributed by atoms with E-state index in [-0.39, 0.29) is 11.9 Å². The van der Waals surface area contributed by atoms with Crippen LogP contribution in [0, 0.1) is 20.8 Å². The number of benzene rings is 2. The Morgan fingerprint density at radius 2 is 1.52 bits per heavy atom. The van der Waals surface area contributed by atoms with Crippen LogP contribution in [0.25, 0.3) is 0 Å². The van der Waals surface area contributed by atoms with Crippen molar-refractivity contribution in [3.05, 3.63) is 59.2 Å². The zero-order valence-corrected chi connectivity index (χ0v) is 13.0. The van der Waals surface area contributed by atoms with Crippen molar-refractivity contribution >= 4 is 17.3 Å². The lowest BCUT2D eigenvalue weighted by Gasteiger charge is -2.16. The summed E-state index contributed by atoms with van der Waals surface area (Å²) in [5, 5.41) is 6.14. The second-order valence-corrected chi connectivity index (χ2v) is 5.52. The van der Waals surface area contributed by atoms with Gasteiger partial charge in [-0.1, -0.05) is 23.8 Å². The van der Waals surface area contributed by atoms with Crippen molar-refractivity contribution in [2.45, 2.75) is 33.7 Å². The van der Waals surface area contributed by atoms with E-state index < -0.39 is 0 Å². The second-order valence-electron chi connectivity index (χ2n) is 5.52. The lowest BCUT2D eigenvalue weighted by atomic mass is 10.1. The van der Waals surface area contributed by atoms with Crippen molar-refractivity contribution in [3.8, 4) is 0 Å². The SMILES string of the molecule is Cc1ccc(NC(C)C(=O)Nc2ccc(C)c(C)c2)cc1. The van der Waals surface area contributed by atoms with Gasteiger partial charge in [0, 0.05) is 11.4 Å². The maximum Gasteiger partial charge on any atom is 0.246 e. The molecule has 21 heavy (non-hydrogen) atoms. The number of anilines is 2. The minimum atomic E-state index is -0.297. The Bertz CT molecular complexity index is 632. The number of carbonyl (C=O) groups excluding carboxylic acids is 1. The first-order chi connectivity index (χ1) is 9.95. The molecule has 0 fully saturated rings. The van der Waals surface area contributed by atoms with Crippen LogP contribution in [0.1, 0.15) is 23.6 Å². The maximum atomic E-state index is 12.2. The van der Waals surface area contributed by atoms with E-state index in [1.807, 2.05) is 63.2 Å². The quantitative estimate of drug-likeness (QED) is 0.888. The topological polar surface area (TPSA) is 41.1 Å². The van der Waals surface area contributed by atoms with Crippen LogP contribution in [-0.4, -0.2) is 11.9 Å². The van der Waals surface area contributed by atoms with Crippen LogP contribution in [0.3, 0.4) is 0 Å². The molecule has 0 spiro atoms. The largest absolute Gasteiger partial charge is 0.374 e. The first-order valence-electron chi connectivity index (χ1n) is 7.17. The molecular weight excluding hydrogens is 260 g/mol. The summed E-state index contributed by atoms with van der Waals surface area (Å²) in [7, 11) is 0. The summed E-state index contributed by atoms with van der Waals surface area (Å²) in [6.45, 7) is 8.00. The minimum absolute atomic E-state index is 0.0428. The Balaban J connectivity index is 1.98. The van der Waals surface area contributed by atoms with Gasteiger partial charge in [-0.3, -0.25) is 4.79 Å². The van der Waals surface area contributed by atoms with Crippen molar-refractivity contribution in [1.82, 2.24) is 0 Å². The maximum absolute atomic E-state index is 12.2. The van der Waals surface area contributed by atoms with Gasteiger partial charge in [-0.2, -0.15) is 0 Å². The fourth-order valence-electron chi connectivity index (χ4n) is 2.04. The van der Waals surface area contributed by atoms with Crippen LogP contribution in [-0.2, 0) is 4.79 Å². The molecule has 0 heterocycles. The lowest BCUT2D eigenvalue weighted by Crippen LogP contribution is -2.31. The smallest absolute Gasteiger partial charge is 0.246 e. The molecule has 0 saturated heterocycles. The van der Waals surface area contributed by atoms with Crippen molar-refractivity contribution < 1.29 is 4.79 Å². The molecular formula is C18H22N2O. The summed E-state index contributed by atoms with van der Waals surface area (Å²) in [5.74, 6) is -0.0428. The predicted molar refractivity (Wildman–Crippen MR) is 88.8 cm³/mol. The Hall–Kier alpha value is -2.29. The summed E-state index contributed by atoms with van der Waals surface area (Å²) in [6, 6.07) is 13.7. The standard InChI is InChI=1S/C18H22N2O/c1-12-5-8-16(9-6-12)19-15(4)18(21)20-17-10-7-13(2)14(3)11-17/h5-11,15,19H,1-4H3,(H,20,21). The lowest BCUT2D eigenvalue weighted by molar-refractivity contribution is -0.116. The van der Waals surface area contributed by atoms with Crippen LogP contribution in [0.5, 0.6) is 0 Å². The van der Waals surface area contributed by atoms with Crippen molar-refractivity contribution in [2.75, 3.05) is 10.6 Å². The molecule has 110 valence electrons. The highest BCUT2D eigenvalue weighted by atomic mass is 16.2. The van der Waals surface area contributed by atoms with E-state index in [9.17, 15) is 4.79 Å². The van der Waals surface area contributed by atoms with Gasteiger partial charge in [-0.05, 0) is 63.1 Å². The van der Waals surface area contributed by atoms with Gasteiger partial charge in [0.05, 0.1) is 0 Å². The molecule has 2 aromatic carbocycles. The zero-order valence-electron chi connectivity index (χ0n) is 13.0. The van der Waals surface area contributed by atoms with Crippen LogP contribution in [0.2, 0.25) is 0 Å². The molecule has 2 rings (SSSR count). The van der Waals surface area contributed by atoms with Crippen LogP contribution in [0.4, 0.5) is 11.4 Å². The van der Waals surface area contributed by atoms with Gasteiger partial charge in [-0.25, -0.2) is 0 Å². The highest BCUT2D eigenvalue weighted by Crippen LogP contribution is 2.15. The van der Waals surface area contributed by atoms with Gasteiger partial charge in [0.2, 0.25) is 5.91 Å². The van der Waals surface area contributed by atoms with E-state index in [0.717, 1.165) is 11.4 Å². The fourth-order valence-corrected chi connectivity index (χ4v) is 2.04. The first kappa shape index (κ1) is 15.1. The molecule has 1 atom stereocenters. The van der Waals surface area contributed by atoms with E-state index in [1.54, 1.807) is 0 Å². The van der Waals surface area contributed by atoms with Crippen LogP contribution in [0.15, 0.2) is 42.5 Å². The van der Waals surface area contributed by atoms with E-state index in [1.165, 1.54) is 16.7 Å². The average molecular weight is 282 g/mol. The Kier molecular flexibility index (Phi) is 4.63. The van der Waals surface area contributed by atoms with Crippen molar-refractivity contribution in [2.24, 2.45) is 0 Å². The highest BCUT2D eigenvalue weighted by molar-refractivity contribution is 5.96. The number of nitrogens with one attached hydrogen (secondary N) is 2. The third kappa shape index (κ3) is 4.09. The number of amides is 1. The van der Waals surface area contributed by atoms with Crippen LogP contribution >= 0.6 is 0 Å². The molecule has 3 heteroatoms. The van der Waals surface area contributed by atoms with E-state index in [4.69, 9.17) is 0 Å². The fraction of sp³-hybridized carbons (Fsp3) is 0.278. The summed E-state index contributed by atoms with van der Waals surface area (Å²) in [4.78, 5) is 12.2. The molecule has 0 radical (unpaired) electrons. The molecule has 2 aromatic rings. The molecule has 3 nitrogen and oxygen atoms in total. The second kappa shape index (κ2) is 6.44. The third-order valence-electron chi connectivity index (χ3n) is 3.60. The number of carbonyl (C=O) groups is 1. The molecule has 0 aliphatic heterocycles. The molecule has 2 N–H and O–H groups in total. The molecule has 0 aromatic heterocycles. The molecule has 0 aliphatic carbocycles. The van der Waals surface area contributed by atoms with Crippen molar-refractivity contribution in [3.63, 3.8) is 0 Å². The van der Waals surface area contributed by atoms with Gasteiger partial charge < -0.3 is 10.6 Å². The molecule has 0 saturated carbocycles. The summed E-state index contributed by atoms with van der Waals surface area (Å²) < 4.78 is 0. The van der Waals surface area contributed by atoms with E-state index in [2.05, 4.69) is 17.6 Å². The van der Waals surface area contributed by atoms with E-state index in [0.29, 0.717) is 0 Å². The van der Waals surface area contributed by atoms with Gasteiger partial charge in [-0.15, -0.1) is 0 Å². The molecule has 1 unspecified atom stereocenters. The predicted octanol–water partition coefficient (Wildman–Crippen LogP) is 4.05. The number of aryl methyl sites for hydroxylation is 3. The summed E-state index contributed by atoms with van der Waals surface area (Å²) >= 11 is 0. The Morgan fingerprint density at radius 1 is 0.905 bits per heavy atom. The number of hydrogen-bond acceptors (Lipinski definition) is 2. The summed E-state index contributed by atoms with van der Waals surface area (Å²) in [5.41, 5.74) is 5.38. The van der Waals surface area contributed by atoms with Gasteiger partial charge in [0.25, 0.3) is 0 Å². The first-order valence-corrected chi connectivity index (χ1v) is 7.17. The average Bonchev–Trinajstić information content (AvgIpc) is 2.45. The number of hydrogen-bond donors (Lipinski definition) is 2. The van der Waals surface area contributed by atoms with Gasteiger partial charge in [0.15, 0.2) is 0 Å². The Labute approximate surface area is 126 Å². The van der Waals surface area contributed by atoms with Gasteiger partial charge in [0.1, 0.15) is 6.04 Å². The van der Waals surface area contributed by atoms with E-state index >= 15 is 0 Å². The highest BCUT2D eigenvalue weighted by Gasteiger charge is 2.12. The number of rotatable bonds is 4. The van der Waals surface area contributed by atoms with Gasteiger partial charge >= 0.3 is 0 Å². The van der Waals surface area contributed by atoms with Crippen LogP contribution < -0.4 is 10.6 Å². The normalized spacial score (nSPS) is 11.8. The minimum Gasteiger partial charge on any atom is -0.374 e. The Morgan fingerprint density at radius 3 is 2.14 bits per heavy atom. The molecule has 0 bridgehead atoms.